The Balaban J connectivity index is 2.23. The molecule has 4 rings (SSSR count). The minimum absolute atomic E-state index is 0.290. The molecule has 216 valence electrons. The summed E-state index contributed by atoms with van der Waals surface area (Å²) in [5.74, 6) is 1.57. The molecule has 2 aliphatic heterocycles. The number of allylic oxidation sites excluding steroid dienone is 2. The van der Waals surface area contributed by atoms with Crippen molar-refractivity contribution in [3.05, 3.63) is 82.7 Å². The van der Waals surface area contributed by atoms with E-state index in [4.69, 9.17) is 11.7 Å². The van der Waals surface area contributed by atoms with Crippen molar-refractivity contribution >= 4 is 25.5 Å². The van der Waals surface area contributed by atoms with Gasteiger partial charge in [-0.15, -0.1) is 0 Å². The zero-order chi connectivity index (χ0) is 29.7. The van der Waals surface area contributed by atoms with Crippen LogP contribution in [-0.4, -0.2) is 19.3 Å². The Hall–Kier alpha value is -2.79. The SMILES string of the molecule is C=C1C=C(C)N(c2c(C(C)C)cccc2C(C)C)[Si]2(CC(C)=NNC2(C)C)N1c1c(C(C)C)cccc1C(C)C. The first-order valence-corrected chi connectivity index (χ1v) is 17.3. The maximum absolute atomic E-state index is 4.87. The molecule has 0 bridgehead atoms. The van der Waals surface area contributed by atoms with Crippen molar-refractivity contribution in [2.24, 2.45) is 5.10 Å². The summed E-state index contributed by atoms with van der Waals surface area (Å²) in [6.45, 7) is 32.7. The molecule has 5 heteroatoms. The van der Waals surface area contributed by atoms with Gasteiger partial charge in [0.05, 0.1) is 5.16 Å². The number of hydrogen-bond acceptors (Lipinski definition) is 4. The molecule has 2 heterocycles. The van der Waals surface area contributed by atoms with E-state index >= 15 is 0 Å². The molecule has 40 heavy (non-hydrogen) atoms. The van der Waals surface area contributed by atoms with Crippen molar-refractivity contribution in [1.82, 2.24) is 5.43 Å². The van der Waals surface area contributed by atoms with Crippen LogP contribution in [0.15, 0.2) is 65.5 Å². The molecular formula is C35H52N4Si. The molecule has 0 aromatic heterocycles. The van der Waals surface area contributed by atoms with E-state index in [0.717, 1.165) is 17.5 Å². The van der Waals surface area contributed by atoms with Crippen molar-refractivity contribution < 1.29 is 0 Å². The Bertz CT molecular complexity index is 1290. The fourth-order valence-electron chi connectivity index (χ4n) is 6.89. The smallest absolute Gasteiger partial charge is 0.306 e. The van der Waals surface area contributed by atoms with Crippen molar-refractivity contribution in [2.75, 3.05) is 9.13 Å². The number of rotatable bonds is 6. The lowest BCUT2D eigenvalue weighted by molar-refractivity contribution is 0.506. The lowest BCUT2D eigenvalue weighted by Crippen LogP contribution is -2.82. The largest absolute Gasteiger partial charge is 0.352 e. The minimum atomic E-state index is -2.78. The average Bonchev–Trinajstić information content (AvgIpc) is 2.86. The van der Waals surface area contributed by atoms with Crippen molar-refractivity contribution in [2.45, 2.75) is 118 Å². The summed E-state index contributed by atoms with van der Waals surface area (Å²) in [6.07, 6.45) is 2.33. The minimum Gasteiger partial charge on any atom is -0.352 e. The molecule has 1 spiro atoms. The third-order valence-electron chi connectivity index (χ3n) is 8.92. The number of para-hydroxylation sites is 2. The van der Waals surface area contributed by atoms with Gasteiger partial charge < -0.3 is 14.6 Å². The first kappa shape index (κ1) is 30.2. The van der Waals surface area contributed by atoms with E-state index in [-0.39, 0.29) is 5.16 Å². The van der Waals surface area contributed by atoms with Crippen LogP contribution in [0.3, 0.4) is 0 Å². The van der Waals surface area contributed by atoms with E-state index < -0.39 is 8.40 Å². The summed E-state index contributed by atoms with van der Waals surface area (Å²) in [4.78, 5) is 0. The first-order chi connectivity index (χ1) is 18.7. The van der Waals surface area contributed by atoms with Gasteiger partial charge in [-0.25, -0.2) is 0 Å². The number of nitrogens with zero attached hydrogens (tertiary/aromatic N) is 3. The summed E-state index contributed by atoms with van der Waals surface area (Å²) in [5.41, 5.74) is 15.6. The zero-order valence-electron chi connectivity index (χ0n) is 27.1. The van der Waals surface area contributed by atoms with Crippen LogP contribution in [0.2, 0.25) is 6.04 Å². The summed E-state index contributed by atoms with van der Waals surface area (Å²) < 4.78 is 5.54. The summed E-state index contributed by atoms with van der Waals surface area (Å²) >= 11 is 0. The van der Waals surface area contributed by atoms with Gasteiger partial charge in [-0.2, -0.15) is 5.10 Å². The van der Waals surface area contributed by atoms with E-state index in [1.165, 1.54) is 39.3 Å². The van der Waals surface area contributed by atoms with Gasteiger partial charge in [-0.1, -0.05) is 98.4 Å². The van der Waals surface area contributed by atoms with E-state index in [9.17, 15) is 0 Å². The van der Waals surface area contributed by atoms with Crippen LogP contribution < -0.4 is 14.6 Å². The van der Waals surface area contributed by atoms with Crippen LogP contribution in [0.4, 0.5) is 11.4 Å². The normalized spacial score (nSPS) is 21.1. The van der Waals surface area contributed by atoms with E-state index in [0.29, 0.717) is 23.7 Å². The molecule has 2 aromatic rings. The van der Waals surface area contributed by atoms with Gasteiger partial charge in [0.25, 0.3) is 0 Å². The quantitative estimate of drug-likeness (QED) is 0.359. The van der Waals surface area contributed by atoms with Crippen LogP contribution >= 0.6 is 0 Å². The van der Waals surface area contributed by atoms with Crippen molar-refractivity contribution in [3.63, 3.8) is 0 Å². The number of nitrogens with one attached hydrogen (secondary N) is 1. The van der Waals surface area contributed by atoms with Crippen LogP contribution in [0.5, 0.6) is 0 Å². The fraction of sp³-hybridized carbons (Fsp3) is 0.514. The number of hydrogen-bond donors (Lipinski definition) is 1. The van der Waals surface area contributed by atoms with Gasteiger partial charge >= 0.3 is 8.40 Å². The van der Waals surface area contributed by atoms with Crippen LogP contribution in [0.25, 0.3) is 0 Å². The third-order valence-corrected chi connectivity index (χ3v) is 14.6. The second-order valence-corrected chi connectivity index (χ2v) is 17.8. The zero-order valence-corrected chi connectivity index (χ0v) is 28.1. The molecule has 1 unspecified atom stereocenters. The molecule has 2 aliphatic rings. The Labute approximate surface area is 245 Å². The number of benzene rings is 2. The monoisotopic (exact) mass is 556 g/mol. The predicted molar refractivity (Wildman–Crippen MR) is 178 cm³/mol. The third kappa shape index (κ3) is 4.74. The van der Waals surface area contributed by atoms with E-state index in [1.54, 1.807) is 0 Å². The molecular weight excluding hydrogens is 504 g/mol. The topological polar surface area (TPSA) is 30.9 Å². The van der Waals surface area contributed by atoms with Gasteiger partial charge in [-0.05, 0) is 79.7 Å². The highest BCUT2D eigenvalue weighted by Gasteiger charge is 2.63. The lowest BCUT2D eigenvalue weighted by atomic mass is 9.92. The molecule has 0 aliphatic carbocycles. The van der Waals surface area contributed by atoms with Crippen molar-refractivity contribution in [1.29, 1.82) is 0 Å². The molecule has 0 saturated heterocycles. The average molecular weight is 557 g/mol. The molecule has 0 radical (unpaired) electrons. The highest BCUT2D eigenvalue weighted by Crippen LogP contribution is 2.52. The standard InChI is InChI=1S/C35H52N4Si/c1-22(2)29-16-14-17-30(23(3)4)33(29)38-27(10)20-28(11)39(40(38)21-26(9)36-37-35(40,12)13)34-31(24(5)6)18-15-19-32(34)25(7)8/h14-20,22-25,37H,10,21H2,1-9,11-13H3. The van der Waals surface area contributed by atoms with Gasteiger partial charge in [0.1, 0.15) is 0 Å². The summed E-state index contributed by atoms with van der Waals surface area (Å²) in [7, 11) is -2.78. The second kappa shape index (κ2) is 10.9. The second-order valence-electron chi connectivity index (χ2n) is 13.7. The summed E-state index contributed by atoms with van der Waals surface area (Å²) in [6, 6.07) is 14.8. The number of anilines is 2. The Morgan fingerprint density at radius 2 is 1.15 bits per heavy atom. The van der Waals surface area contributed by atoms with Crippen LogP contribution in [-0.2, 0) is 0 Å². The van der Waals surface area contributed by atoms with Gasteiger partial charge in [-0.3, -0.25) is 0 Å². The highest BCUT2D eigenvalue weighted by molar-refractivity contribution is 6.93. The Morgan fingerprint density at radius 3 is 1.55 bits per heavy atom. The molecule has 0 amide bonds. The van der Waals surface area contributed by atoms with Gasteiger partial charge in [0.15, 0.2) is 0 Å². The molecule has 0 fully saturated rings. The van der Waals surface area contributed by atoms with Crippen LogP contribution in [0.1, 0.15) is 129 Å². The Kier molecular flexibility index (Phi) is 8.21. The molecule has 4 nitrogen and oxygen atoms in total. The Morgan fingerprint density at radius 1 is 0.750 bits per heavy atom. The first-order valence-electron chi connectivity index (χ1n) is 15.2. The maximum Gasteiger partial charge on any atom is 0.306 e. The molecule has 1 atom stereocenters. The predicted octanol–water partition coefficient (Wildman–Crippen LogP) is 9.66. The molecule has 2 aromatic carbocycles. The highest BCUT2D eigenvalue weighted by atomic mass is 28.4. The van der Waals surface area contributed by atoms with E-state index in [1.807, 2.05) is 0 Å². The van der Waals surface area contributed by atoms with Gasteiger partial charge in [0, 0.05) is 34.5 Å². The van der Waals surface area contributed by atoms with E-state index in [2.05, 4.69) is 140 Å². The van der Waals surface area contributed by atoms with Gasteiger partial charge in [0.2, 0.25) is 0 Å². The maximum atomic E-state index is 4.87. The van der Waals surface area contributed by atoms with Crippen molar-refractivity contribution in [3.8, 4) is 0 Å². The lowest BCUT2D eigenvalue weighted by Gasteiger charge is -2.62. The summed E-state index contributed by atoms with van der Waals surface area (Å²) in [5, 5.41) is 4.58. The fourth-order valence-corrected chi connectivity index (χ4v) is 12.4. The number of hydrazone groups is 1. The molecule has 1 N–H and O–H groups in total. The molecule has 0 saturated carbocycles. The van der Waals surface area contributed by atoms with Crippen LogP contribution in [0, 0.1) is 0 Å².